The second-order valence-corrected chi connectivity index (χ2v) is 7.85. The lowest BCUT2D eigenvalue weighted by Crippen LogP contribution is -2.09. The van der Waals surface area contributed by atoms with E-state index in [0.717, 1.165) is 27.1 Å². The fraction of sp³-hybridized carbons (Fsp3) is 0.208. The lowest BCUT2D eigenvalue weighted by Gasteiger charge is -2.07. The van der Waals surface area contributed by atoms with Gasteiger partial charge in [0, 0.05) is 22.4 Å². The highest BCUT2D eigenvalue weighted by Gasteiger charge is 2.18. The summed E-state index contributed by atoms with van der Waals surface area (Å²) in [6.45, 7) is 1.07. The number of aryl methyl sites for hydroxylation is 1. The summed E-state index contributed by atoms with van der Waals surface area (Å²) < 4.78 is 34.8. The largest absolute Gasteiger partial charge is 0.454 e. The minimum Gasteiger partial charge on any atom is -0.454 e. The number of ether oxygens (including phenoxy) is 1. The number of halogens is 3. The summed E-state index contributed by atoms with van der Waals surface area (Å²) in [5.74, 6) is -0.687. The Labute approximate surface area is 194 Å². The smallest absolute Gasteiger partial charge is 0.331 e. The topological polar surface area (TPSA) is 61.9 Å². The molecule has 0 saturated heterocycles. The summed E-state index contributed by atoms with van der Waals surface area (Å²) in [4.78, 5) is 16.4. The zero-order valence-electron chi connectivity index (χ0n) is 18.0. The van der Waals surface area contributed by atoms with E-state index in [0.29, 0.717) is 17.1 Å². The van der Waals surface area contributed by atoms with Crippen molar-refractivity contribution >= 4 is 34.7 Å². The van der Waals surface area contributed by atoms with Crippen molar-refractivity contribution in [3.05, 3.63) is 88.0 Å². The second kappa shape index (κ2) is 9.54. The first kappa shape index (κ1) is 22.7. The standard InChI is InChI=1S/C24H21ClF2N4O2/c1-15-18(16(2)30(29-15)13-17-7-3-4-8-19(17)25)11-12-23(32)33-14-22-28-20-9-5-6-10-21(20)31(22)24(26)27/h3-12,24H,13-14H2,1-2H3/b12-11+. The van der Waals surface area contributed by atoms with Crippen LogP contribution in [0.2, 0.25) is 5.02 Å². The van der Waals surface area contributed by atoms with Gasteiger partial charge in [0.1, 0.15) is 6.61 Å². The van der Waals surface area contributed by atoms with Gasteiger partial charge < -0.3 is 4.74 Å². The summed E-state index contributed by atoms with van der Waals surface area (Å²) in [5.41, 5.74) is 4.00. The van der Waals surface area contributed by atoms with Gasteiger partial charge in [-0.1, -0.05) is 41.9 Å². The summed E-state index contributed by atoms with van der Waals surface area (Å²) in [6, 6.07) is 14.1. The van der Waals surface area contributed by atoms with Crippen LogP contribution in [0.1, 0.15) is 34.9 Å². The molecular formula is C24H21ClF2N4O2. The van der Waals surface area contributed by atoms with E-state index < -0.39 is 12.5 Å². The van der Waals surface area contributed by atoms with Crippen molar-refractivity contribution in [3.8, 4) is 0 Å². The molecule has 0 N–H and O–H groups in total. The molecule has 2 aromatic carbocycles. The lowest BCUT2D eigenvalue weighted by molar-refractivity contribution is -0.139. The molecule has 0 fully saturated rings. The SMILES string of the molecule is Cc1nn(Cc2ccccc2Cl)c(C)c1/C=C/C(=O)OCc1nc2ccccc2n1C(F)F. The Balaban J connectivity index is 1.47. The van der Waals surface area contributed by atoms with Gasteiger partial charge >= 0.3 is 12.5 Å². The van der Waals surface area contributed by atoms with Crippen molar-refractivity contribution in [1.82, 2.24) is 19.3 Å². The molecule has 0 bridgehead atoms. The normalized spacial score (nSPS) is 11.7. The number of hydrogen-bond acceptors (Lipinski definition) is 4. The molecule has 0 atom stereocenters. The number of esters is 1. The number of fused-ring (bicyclic) bond motifs is 1. The first-order chi connectivity index (χ1) is 15.8. The van der Waals surface area contributed by atoms with E-state index in [-0.39, 0.29) is 17.9 Å². The van der Waals surface area contributed by atoms with E-state index >= 15 is 0 Å². The van der Waals surface area contributed by atoms with Crippen LogP contribution in [0.15, 0.2) is 54.6 Å². The molecule has 2 heterocycles. The number of imidazole rings is 1. The van der Waals surface area contributed by atoms with Gasteiger partial charge in [0.05, 0.1) is 23.3 Å². The van der Waals surface area contributed by atoms with Crippen molar-refractivity contribution in [2.45, 2.75) is 33.5 Å². The zero-order chi connectivity index (χ0) is 23.5. The fourth-order valence-corrected chi connectivity index (χ4v) is 3.84. The predicted octanol–water partition coefficient (Wildman–Crippen LogP) is 5.70. The first-order valence-electron chi connectivity index (χ1n) is 10.2. The molecule has 6 nitrogen and oxygen atoms in total. The van der Waals surface area contributed by atoms with Gasteiger partial charge in [-0.05, 0) is 43.7 Å². The van der Waals surface area contributed by atoms with Crippen LogP contribution in [0, 0.1) is 13.8 Å². The van der Waals surface area contributed by atoms with Crippen LogP contribution in [0.4, 0.5) is 8.78 Å². The molecule has 4 aromatic rings. The summed E-state index contributed by atoms with van der Waals surface area (Å²) in [5, 5.41) is 5.18. The number of carbonyl (C=O) groups excluding carboxylic acids is 1. The Morgan fingerprint density at radius 1 is 1.15 bits per heavy atom. The first-order valence-corrected chi connectivity index (χ1v) is 10.6. The average Bonchev–Trinajstić information content (AvgIpc) is 3.29. The molecule has 0 spiro atoms. The van der Waals surface area contributed by atoms with Gasteiger partial charge in [0.2, 0.25) is 0 Å². The molecule has 170 valence electrons. The molecule has 2 aromatic heterocycles. The van der Waals surface area contributed by atoms with Crippen LogP contribution in [0.5, 0.6) is 0 Å². The molecule has 9 heteroatoms. The van der Waals surface area contributed by atoms with Crippen molar-refractivity contribution in [2.75, 3.05) is 0 Å². The maximum atomic E-state index is 13.5. The zero-order valence-corrected chi connectivity index (χ0v) is 18.8. The fourth-order valence-electron chi connectivity index (χ4n) is 3.64. The lowest BCUT2D eigenvalue weighted by atomic mass is 10.1. The van der Waals surface area contributed by atoms with Crippen molar-refractivity contribution in [3.63, 3.8) is 0 Å². The molecule has 0 radical (unpaired) electrons. The Bertz CT molecular complexity index is 1340. The van der Waals surface area contributed by atoms with Crippen LogP contribution in [-0.2, 0) is 22.7 Å². The molecule has 33 heavy (non-hydrogen) atoms. The number of rotatable bonds is 7. The van der Waals surface area contributed by atoms with E-state index in [2.05, 4.69) is 10.1 Å². The summed E-state index contributed by atoms with van der Waals surface area (Å²) >= 11 is 6.25. The average molecular weight is 471 g/mol. The minimum atomic E-state index is -2.80. The third kappa shape index (κ3) is 4.80. The maximum absolute atomic E-state index is 13.5. The second-order valence-electron chi connectivity index (χ2n) is 7.44. The molecule has 0 amide bonds. The number of hydrogen-bond donors (Lipinski definition) is 0. The molecular weight excluding hydrogens is 450 g/mol. The Hall–Kier alpha value is -3.52. The van der Waals surface area contributed by atoms with E-state index in [1.807, 2.05) is 42.8 Å². The highest BCUT2D eigenvalue weighted by molar-refractivity contribution is 6.31. The van der Waals surface area contributed by atoms with Crippen molar-refractivity contribution in [2.24, 2.45) is 0 Å². The molecule has 0 aliphatic carbocycles. The van der Waals surface area contributed by atoms with Crippen LogP contribution < -0.4 is 0 Å². The van der Waals surface area contributed by atoms with Gasteiger partial charge in [0.25, 0.3) is 0 Å². The molecule has 0 aliphatic heterocycles. The summed E-state index contributed by atoms with van der Waals surface area (Å²) in [7, 11) is 0. The van der Waals surface area contributed by atoms with Crippen LogP contribution >= 0.6 is 11.6 Å². The highest BCUT2D eigenvalue weighted by Crippen LogP contribution is 2.24. The van der Waals surface area contributed by atoms with Gasteiger partial charge in [-0.15, -0.1) is 0 Å². The van der Waals surface area contributed by atoms with Gasteiger partial charge in [-0.2, -0.15) is 13.9 Å². The number of aromatic nitrogens is 4. The number of carbonyl (C=O) groups is 1. The van der Waals surface area contributed by atoms with Crippen LogP contribution in [-0.4, -0.2) is 25.3 Å². The van der Waals surface area contributed by atoms with Crippen molar-refractivity contribution in [1.29, 1.82) is 0 Å². The highest BCUT2D eigenvalue weighted by atomic mass is 35.5. The molecule has 0 saturated carbocycles. The van der Waals surface area contributed by atoms with Crippen LogP contribution in [0.25, 0.3) is 17.1 Å². The molecule has 4 rings (SSSR count). The van der Waals surface area contributed by atoms with Gasteiger partial charge in [-0.25, -0.2) is 9.78 Å². The van der Waals surface area contributed by atoms with Gasteiger partial charge in [-0.3, -0.25) is 9.25 Å². The van der Waals surface area contributed by atoms with E-state index in [1.54, 1.807) is 30.3 Å². The number of para-hydroxylation sites is 2. The quantitative estimate of drug-likeness (QED) is 0.256. The predicted molar refractivity (Wildman–Crippen MR) is 122 cm³/mol. The van der Waals surface area contributed by atoms with E-state index in [4.69, 9.17) is 16.3 Å². The van der Waals surface area contributed by atoms with E-state index in [9.17, 15) is 13.6 Å². The van der Waals surface area contributed by atoms with E-state index in [1.165, 1.54) is 6.08 Å². The monoisotopic (exact) mass is 470 g/mol. The number of benzene rings is 2. The maximum Gasteiger partial charge on any atom is 0.331 e. The Kier molecular flexibility index (Phi) is 6.55. The van der Waals surface area contributed by atoms with Crippen LogP contribution in [0.3, 0.4) is 0 Å². The van der Waals surface area contributed by atoms with Crippen molar-refractivity contribution < 1.29 is 18.3 Å². The number of nitrogens with zero attached hydrogens (tertiary/aromatic N) is 4. The number of alkyl halides is 2. The molecule has 0 aliphatic rings. The minimum absolute atomic E-state index is 0.0205. The third-order valence-electron chi connectivity index (χ3n) is 5.31. The third-order valence-corrected chi connectivity index (χ3v) is 5.68. The Morgan fingerprint density at radius 3 is 2.64 bits per heavy atom. The molecule has 0 unspecified atom stereocenters. The Morgan fingerprint density at radius 2 is 1.88 bits per heavy atom. The summed E-state index contributed by atoms with van der Waals surface area (Å²) in [6.07, 6.45) is 2.87. The van der Waals surface area contributed by atoms with Gasteiger partial charge in [0.15, 0.2) is 5.82 Å².